The van der Waals surface area contributed by atoms with E-state index >= 15 is 0 Å². The number of carbonyl (C=O) groups excluding carboxylic acids is 1. The summed E-state index contributed by atoms with van der Waals surface area (Å²) in [6.07, 6.45) is 7.40. The minimum absolute atomic E-state index is 0.00669. The summed E-state index contributed by atoms with van der Waals surface area (Å²) in [5.41, 5.74) is 5.75. The van der Waals surface area contributed by atoms with Crippen molar-refractivity contribution in [3.63, 3.8) is 0 Å². The monoisotopic (exact) mass is 254 g/mol. The van der Waals surface area contributed by atoms with Crippen LogP contribution in [0.5, 0.6) is 0 Å². The molecule has 1 aliphatic carbocycles. The van der Waals surface area contributed by atoms with Crippen LogP contribution in [-0.2, 0) is 4.79 Å². The van der Waals surface area contributed by atoms with Crippen LogP contribution in [0.3, 0.4) is 0 Å². The van der Waals surface area contributed by atoms with Crippen LogP contribution in [0.1, 0.15) is 65.7 Å². The van der Waals surface area contributed by atoms with Gasteiger partial charge in [-0.05, 0) is 51.0 Å². The van der Waals surface area contributed by atoms with Gasteiger partial charge in [0, 0.05) is 11.5 Å². The van der Waals surface area contributed by atoms with E-state index < -0.39 is 0 Å². The van der Waals surface area contributed by atoms with Gasteiger partial charge >= 0.3 is 0 Å². The summed E-state index contributed by atoms with van der Waals surface area (Å²) in [5.74, 6) is 1.00. The zero-order valence-corrected chi connectivity index (χ0v) is 12.3. The molecule has 1 saturated carbocycles. The quantitative estimate of drug-likeness (QED) is 0.766. The summed E-state index contributed by atoms with van der Waals surface area (Å²) in [4.78, 5) is 12.4. The summed E-state index contributed by atoms with van der Waals surface area (Å²) >= 11 is 0. The van der Waals surface area contributed by atoms with Gasteiger partial charge in [0.15, 0.2) is 0 Å². The smallest absolute Gasteiger partial charge is 0.223 e. The average molecular weight is 254 g/mol. The van der Waals surface area contributed by atoms with E-state index in [1.807, 2.05) is 0 Å². The molecule has 0 bridgehead atoms. The second-order valence-electron chi connectivity index (χ2n) is 5.80. The van der Waals surface area contributed by atoms with E-state index in [1.54, 1.807) is 0 Å². The largest absolute Gasteiger partial charge is 0.350 e. The van der Waals surface area contributed by atoms with Gasteiger partial charge in [0.2, 0.25) is 5.91 Å². The third kappa shape index (κ3) is 3.71. The second kappa shape index (κ2) is 7.13. The summed E-state index contributed by atoms with van der Waals surface area (Å²) in [6.45, 7) is 7.22. The second-order valence-corrected chi connectivity index (χ2v) is 5.80. The fourth-order valence-electron chi connectivity index (χ4n) is 3.12. The van der Waals surface area contributed by atoms with E-state index in [4.69, 9.17) is 5.73 Å². The molecule has 3 heteroatoms. The number of nitrogens with two attached hydrogens (primary N) is 1. The SMILES string of the molecule is CCC(CC)(CC)NC(=O)C1CCCC(CN)C1. The van der Waals surface area contributed by atoms with Gasteiger partial charge in [-0.1, -0.05) is 27.2 Å². The maximum Gasteiger partial charge on any atom is 0.223 e. The van der Waals surface area contributed by atoms with Crippen molar-refractivity contribution in [2.75, 3.05) is 6.54 Å². The van der Waals surface area contributed by atoms with Crippen LogP contribution in [0.2, 0.25) is 0 Å². The van der Waals surface area contributed by atoms with E-state index in [1.165, 1.54) is 6.42 Å². The number of hydrogen-bond acceptors (Lipinski definition) is 2. The van der Waals surface area contributed by atoms with E-state index in [2.05, 4.69) is 26.1 Å². The lowest BCUT2D eigenvalue weighted by molar-refractivity contribution is -0.128. The Morgan fingerprint density at radius 3 is 2.33 bits per heavy atom. The Balaban J connectivity index is 2.58. The molecular formula is C15H30N2O. The maximum absolute atomic E-state index is 12.4. The molecule has 2 unspecified atom stereocenters. The van der Waals surface area contributed by atoms with Crippen LogP contribution in [0.25, 0.3) is 0 Å². The van der Waals surface area contributed by atoms with Crippen molar-refractivity contribution >= 4 is 5.91 Å². The molecule has 3 N–H and O–H groups in total. The van der Waals surface area contributed by atoms with Gasteiger partial charge in [0.1, 0.15) is 0 Å². The molecule has 1 fully saturated rings. The fraction of sp³-hybridized carbons (Fsp3) is 0.933. The zero-order chi connectivity index (χ0) is 13.6. The normalized spacial score (nSPS) is 24.9. The Hall–Kier alpha value is -0.570. The Morgan fingerprint density at radius 2 is 1.83 bits per heavy atom. The van der Waals surface area contributed by atoms with Gasteiger partial charge in [-0.3, -0.25) is 4.79 Å². The molecule has 2 atom stereocenters. The molecule has 0 aromatic carbocycles. The number of nitrogens with one attached hydrogen (secondary N) is 1. The summed E-state index contributed by atoms with van der Waals surface area (Å²) in [7, 11) is 0. The first-order chi connectivity index (χ1) is 8.60. The molecular weight excluding hydrogens is 224 g/mol. The van der Waals surface area contributed by atoms with Crippen molar-refractivity contribution in [1.82, 2.24) is 5.32 Å². The highest BCUT2D eigenvalue weighted by Gasteiger charge is 2.32. The highest BCUT2D eigenvalue weighted by atomic mass is 16.2. The first kappa shape index (κ1) is 15.5. The number of carbonyl (C=O) groups is 1. The van der Waals surface area contributed by atoms with Crippen LogP contribution < -0.4 is 11.1 Å². The van der Waals surface area contributed by atoms with E-state index in [-0.39, 0.29) is 17.4 Å². The van der Waals surface area contributed by atoms with Gasteiger partial charge in [-0.25, -0.2) is 0 Å². The highest BCUT2D eigenvalue weighted by Crippen LogP contribution is 2.30. The number of hydrogen-bond donors (Lipinski definition) is 2. The lowest BCUT2D eigenvalue weighted by atomic mass is 9.80. The molecule has 0 heterocycles. The van der Waals surface area contributed by atoms with E-state index in [0.717, 1.165) is 45.1 Å². The molecule has 1 aliphatic rings. The molecule has 18 heavy (non-hydrogen) atoms. The third-order valence-corrected chi connectivity index (χ3v) is 4.91. The van der Waals surface area contributed by atoms with Crippen molar-refractivity contribution in [3.8, 4) is 0 Å². The Labute approximate surface area is 112 Å². The molecule has 0 radical (unpaired) electrons. The first-order valence-electron chi connectivity index (χ1n) is 7.62. The molecule has 106 valence electrons. The van der Waals surface area contributed by atoms with E-state index in [0.29, 0.717) is 5.92 Å². The van der Waals surface area contributed by atoms with Gasteiger partial charge in [0.05, 0.1) is 0 Å². The standard InChI is InChI=1S/C15H30N2O/c1-4-15(5-2,6-3)17-14(18)13-9-7-8-12(10-13)11-16/h12-13H,4-11,16H2,1-3H3,(H,17,18). The van der Waals surface area contributed by atoms with Gasteiger partial charge in [-0.15, -0.1) is 0 Å². The number of rotatable bonds is 6. The molecule has 0 aliphatic heterocycles. The molecule has 1 amide bonds. The van der Waals surface area contributed by atoms with Crippen LogP contribution in [-0.4, -0.2) is 18.0 Å². The molecule has 1 rings (SSSR count). The first-order valence-corrected chi connectivity index (χ1v) is 7.62. The Morgan fingerprint density at radius 1 is 1.22 bits per heavy atom. The summed E-state index contributed by atoms with van der Waals surface area (Å²) in [5, 5.41) is 3.31. The summed E-state index contributed by atoms with van der Waals surface area (Å²) < 4.78 is 0. The van der Waals surface area contributed by atoms with Crippen LogP contribution >= 0.6 is 0 Å². The minimum Gasteiger partial charge on any atom is -0.350 e. The Kier molecular flexibility index (Phi) is 6.13. The minimum atomic E-state index is 0.00669. The molecule has 0 aromatic rings. The van der Waals surface area contributed by atoms with Gasteiger partial charge in [-0.2, -0.15) is 0 Å². The van der Waals surface area contributed by atoms with Crippen molar-refractivity contribution < 1.29 is 4.79 Å². The lowest BCUT2D eigenvalue weighted by Gasteiger charge is -2.35. The van der Waals surface area contributed by atoms with E-state index in [9.17, 15) is 4.79 Å². The van der Waals surface area contributed by atoms with Gasteiger partial charge in [0.25, 0.3) is 0 Å². The van der Waals surface area contributed by atoms with Crippen molar-refractivity contribution in [2.24, 2.45) is 17.6 Å². The number of amides is 1. The summed E-state index contributed by atoms with van der Waals surface area (Å²) in [6, 6.07) is 0. The van der Waals surface area contributed by atoms with Crippen molar-refractivity contribution in [1.29, 1.82) is 0 Å². The average Bonchev–Trinajstić information content (AvgIpc) is 2.44. The zero-order valence-electron chi connectivity index (χ0n) is 12.3. The van der Waals surface area contributed by atoms with Crippen LogP contribution in [0, 0.1) is 11.8 Å². The molecule has 0 spiro atoms. The fourth-order valence-corrected chi connectivity index (χ4v) is 3.12. The Bertz CT molecular complexity index is 253. The highest BCUT2D eigenvalue weighted by molar-refractivity contribution is 5.79. The topological polar surface area (TPSA) is 55.1 Å². The molecule has 0 aromatic heterocycles. The van der Waals surface area contributed by atoms with Crippen LogP contribution in [0.4, 0.5) is 0 Å². The van der Waals surface area contributed by atoms with Gasteiger partial charge < -0.3 is 11.1 Å². The molecule has 0 saturated heterocycles. The molecule has 3 nitrogen and oxygen atoms in total. The predicted molar refractivity (Wildman–Crippen MR) is 76.2 cm³/mol. The predicted octanol–water partition coefficient (Wildman–Crippen LogP) is 2.84. The van der Waals surface area contributed by atoms with Crippen LogP contribution in [0.15, 0.2) is 0 Å². The van der Waals surface area contributed by atoms with Crippen molar-refractivity contribution in [3.05, 3.63) is 0 Å². The van der Waals surface area contributed by atoms with Crippen molar-refractivity contribution in [2.45, 2.75) is 71.3 Å². The maximum atomic E-state index is 12.4. The lowest BCUT2D eigenvalue weighted by Crippen LogP contribution is -2.50. The third-order valence-electron chi connectivity index (χ3n) is 4.91.